The van der Waals surface area contributed by atoms with Crippen molar-refractivity contribution in [3.8, 4) is 0 Å². The van der Waals surface area contributed by atoms with E-state index in [1.54, 1.807) is 12.1 Å². The highest BCUT2D eigenvalue weighted by molar-refractivity contribution is 5.98. The molecule has 0 heterocycles. The highest BCUT2D eigenvalue weighted by Crippen LogP contribution is 2.20. The second-order valence-electron chi connectivity index (χ2n) is 6.28. The first kappa shape index (κ1) is 19.8. The number of nitrogens with one attached hydrogen (secondary N) is 1. The number of nitro benzene ring substituents is 1. The van der Waals surface area contributed by atoms with Gasteiger partial charge in [0.05, 0.1) is 10.5 Å². The molecule has 0 radical (unpaired) electrons. The molecule has 7 nitrogen and oxygen atoms in total. The highest BCUT2D eigenvalue weighted by atomic mass is 16.6. The van der Waals surface area contributed by atoms with Crippen molar-refractivity contribution >= 4 is 40.1 Å². The second kappa shape index (κ2) is 8.79. The van der Waals surface area contributed by atoms with Crippen LogP contribution in [-0.2, 0) is 14.3 Å². The third-order valence-corrected chi connectivity index (χ3v) is 4.21. The molecule has 0 fully saturated rings. The maximum Gasteiger partial charge on any atom is 0.331 e. The lowest BCUT2D eigenvalue weighted by Gasteiger charge is -2.13. The van der Waals surface area contributed by atoms with Crippen molar-refractivity contribution in [1.29, 1.82) is 0 Å². The van der Waals surface area contributed by atoms with E-state index < -0.39 is 22.9 Å². The van der Waals surface area contributed by atoms with Gasteiger partial charge in [-0.1, -0.05) is 42.5 Å². The van der Waals surface area contributed by atoms with Crippen molar-refractivity contribution in [3.63, 3.8) is 0 Å². The molecule has 0 aliphatic carbocycles. The standard InChI is InChI=1S/C22H18N2O5/c1-15(22(26)23-19-12-10-16-6-2-3-8-18(16)14-19)29-21(25)13-11-17-7-4-5-9-20(17)24(27)28/h2-15H,1H3,(H,23,26)/b13-11+/t15-/m1/s1. The summed E-state index contributed by atoms with van der Waals surface area (Å²) in [4.78, 5) is 34.7. The Morgan fingerprint density at radius 3 is 2.48 bits per heavy atom. The molecule has 1 atom stereocenters. The maximum atomic E-state index is 12.3. The Morgan fingerprint density at radius 2 is 1.72 bits per heavy atom. The first-order valence-corrected chi connectivity index (χ1v) is 8.86. The fraction of sp³-hybridized carbons (Fsp3) is 0.0909. The Balaban J connectivity index is 1.61. The van der Waals surface area contributed by atoms with Crippen molar-refractivity contribution in [2.24, 2.45) is 0 Å². The van der Waals surface area contributed by atoms with Crippen LogP contribution in [0.2, 0.25) is 0 Å². The van der Waals surface area contributed by atoms with Crippen LogP contribution in [0, 0.1) is 10.1 Å². The molecule has 0 saturated carbocycles. The van der Waals surface area contributed by atoms with Crippen LogP contribution in [0.1, 0.15) is 12.5 Å². The van der Waals surface area contributed by atoms with Crippen LogP contribution in [0.4, 0.5) is 11.4 Å². The number of benzene rings is 3. The first-order valence-electron chi connectivity index (χ1n) is 8.86. The SMILES string of the molecule is C[C@@H](OC(=O)/C=C/c1ccccc1[N+](=O)[O-])C(=O)Nc1ccc2ccccc2c1. The molecular formula is C22H18N2O5. The van der Waals surface area contributed by atoms with Crippen molar-refractivity contribution < 1.29 is 19.2 Å². The number of rotatable bonds is 6. The number of amides is 1. The summed E-state index contributed by atoms with van der Waals surface area (Å²) in [5.74, 6) is -1.25. The van der Waals surface area contributed by atoms with E-state index in [2.05, 4.69) is 5.32 Å². The summed E-state index contributed by atoms with van der Waals surface area (Å²) < 4.78 is 5.09. The minimum absolute atomic E-state index is 0.126. The van der Waals surface area contributed by atoms with Gasteiger partial charge in [0.1, 0.15) is 0 Å². The molecular weight excluding hydrogens is 372 g/mol. The molecule has 0 saturated heterocycles. The molecule has 3 aromatic rings. The maximum absolute atomic E-state index is 12.3. The lowest BCUT2D eigenvalue weighted by atomic mass is 10.1. The lowest BCUT2D eigenvalue weighted by molar-refractivity contribution is -0.385. The zero-order valence-electron chi connectivity index (χ0n) is 15.6. The first-order chi connectivity index (χ1) is 13.9. The zero-order chi connectivity index (χ0) is 20.8. The minimum Gasteiger partial charge on any atom is -0.449 e. The number of para-hydroxylation sites is 1. The number of fused-ring (bicyclic) bond motifs is 1. The Morgan fingerprint density at radius 1 is 1.03 bits per heavy atom. The molecule has 146 valence electrons. The third-order valence-electron chi connectivity index (χ3n) is 4.21. The van der Waals surface area contributed by atoms with Crippen LogP contribution in [0.5, 0.6) is 0 Å². The average molecular weight is 390 g/mol. The lowest BCUT2D eigenvalue weighted by Crippen LogP contribution is -2.29. The largest absolute Gasteiger partial charge is 0.449 e. The van der Waals surface area contributed by atoms with Gasteiger partial charge in [0.2, 0.25) is 0 Å². The van der Waals surface area contributed by atoms with Crippen LogP contribution < -0.4 is 5.32 Å². The van der Waals surface area contributed by atoms with Gasteiger partial charge in [0, 0.05) is 17.8 Å². The predicted molar refractivity (Wildman–Crippen MR) is 110 cm³/mol. The fourth-order valence-corrected chi connectivity index (χ4v) is 2.73. The van der Waals surface area contributed by atoms with E-state index in [-0.39, 0.29) is 11.3 Å². The number of nitrogens with zero attached hydrogens (tertiary/aromatic N) is 1. The number of esters is 1. The smallest absolute Gasteiger partial charge is 0.331 e. The van der Waals surface area contributed by atoms with E-state index in [4.69, 9.17) is 4.74 Å². The zero-order valence-corrected chi connectivity index (χ0v) is 15.6. The topological polar surface area (TPSA) is 98.5 Å². The summed E-state index contributed by atoms with van der Waals surface area (Å²) in [6.45, 7) is 1.45. The monoisotopic (exact) mass is 390 g/mol. The van der Waals surface area contributed by atoms with Crippen LogP contribution in [0.3, 0.4) is 0 Å². The number of hydrogen-bond donors (Lipinski definition) is 1. The minimum atomic E-state index is -1.04. The van der Waals surface area contributed by atoms with Gasteiger partial charge in [-0.2, -0.15) is 0 Å². The van der Waals surface area contributed by atoms with Gasteiger partial charge >= 0.3 is 5.97 Å². The van der Waals surface area contributed by atoms with Crippen LogP contribution >= 0.6 is 0 Å². The number of anilines is 1. The van der Waals surface area contributed by atoms with Gasteiger partial charge in [-0.3, -0.25) is 14.9 Å². The summed E-state index contributed by atoms with van der Waals surface area (Å²) in [5.41, 5.74) is 0.730. The summed E-state index contributed by atoms with van der Waals surface area (Å²) >= 11 is 0. The number of ether oxygens (including phenoxy) is 1. The van der Waals surface area contributed by atoms with Gasteiger partial charge in [-0.25, -0.2) is 4.79 Å². The van der Waals surface area contributed by atoms with Crippen molar-refractivity contribution in [2.75, 3.05) is 5.32 Å². The fourth-order valence-electron chi connectivity index (χ4n) is 2.73. The predicted octanol–water partition coefficient (Wildman–Crippen LogP) is 4.33. The molecule has 0 bridgehead atoms. The summed E-state index contributed by atoms with van der Waals surface area (Å²) in [7, 11) is 0. The molecule has 1 N–H and O–H groups in total. The Kier molecular flexibility index (Phi) is 5.99. The quantitative estimate of drug-likeness (QED) is 0.292. The van der Waals surface area contributed by atoms with E-state index >= 15 is 0 Å². The molecule has 0 spiro atoms. The second-order valence-corrected chi connectivity index (χ2v) is 6.28. The van der Waals surface area contributed by atoms with Gasteiger partial charge < -0.3 is 10.1 Å². The average Bonchev–Trinajstić information content (AvgIpc) is 2.72. The highest BCUT2D eigenvalue weighted by Gasteiger charge is 2.17. The van der Waals surface area contributed by atoms with E-state index in [1.807, 2.05) is 36.4 Å². The van der Waals surface area contributed by atoms with Crippen molar-refractivity contribution in [1.82, 2.24) is 0 Å². The van der Waals surface area contributed by atoms with E-state index in [0.717, 1.165) is 16.8 Å². The number of carbonyl (C=O) groups is 2. The molecule has 0 aliphatic rings. The van der Waals surface area contributed by atoms with Gasteiger partial charge in [0.25, 0.3) is 11.6 Å². The molecule has 3 rings (SSSR count). The summed E-state index contributed by atoms with van der Waals surface area (Å²) in [5, 5.41) is 15.7. The van der Waals surface area contributed by atoms with E-state index in [1.165, 1.54) is 31.2 Å². The third kappa shape index (κ3) is 5.04. The van der Waals surface area contributed by atoms with Crippen molar-refractivity contribution in [3.05, 3.63) is 88.5 Å². The van der Waals surface area contributed by atoms with Crippen LogP contribution in [-0.4, -0.2) is 22.9 Å². The van der Waals surface area contributed by atoms with Crippen molar-refractivity contribution in [2.45, 2.75) is 13.0 Å². The summed E-state index contributed by atoms with van der Waals surface area (Å²) in [6.07, 6.45) is 1.31. The molecule has 1 amide bonds. The Bertz CT molecular complexity index is 1110. The van der Waals surface area contributed by atoms with Gasteiger partial charge in [0.15, 0.2) is 6.10 Å². The normalized spacial score (nSPS) is 11.9. The van der Waals surface area contributed by atoms with Gasteiger partial charge in [-0.15, -0.1) is 0 Å². The molecule has 0 aromatic heterocycles. The molecule has 0 unspecified atom stereocenters. The molecule has 29 heavy (non-hydrogen) atoms. The number of hydrogen-bond acceptors (Lipinski definition) is 5. The van der Waals surface area contributed by atoms with Gasteiger partial charge in [-0.05, 0) is 42.0 Å². The number of nitro groups is 1. The van der Waals surface area contributed by atoms with Crippen LogP contribution in [0.15, 0.2) is 72.8 Å². The molecule has 0 aliphatic heterocycles. The summed E-state index contributed by atoms with van der Waals surface area (Å²) in [6, 6.07) is 19.2. The Labute approximate surface area is 166 Å². The molecule has 3 aromatic carbocycles. The number of carbonyl (C=O) groups excluding carboxylic acids is 2. The van der Waals surface area contributed by atoms with E-state index in [0.29, 0.717) is 5.69 Å². The molecule has 7 heteroatoms. The van der Waals surface area contributed by atoms with E-state index in [9.17, 15) is 19.7 Å². The Hall–Kier alpha value is -4.00. The van der Waals surface area contributed by atoms with Crippen LogP contribution in [0.25, 0.3) is 16.8 Å².